The molecule has 3 heteroatoms. The molecule has 0 saturated heterocycles. The molecule has 2 heterocycles. The van der Waals surface area contributed by atoms with Gasteiger partial charge in [0.25, 0.3) is 0 Å². The molecular weight excluding hydrogens is 236 g/mol. The minimum atomic E-state index is 0.179. The molecule has 1 aromatic carbocycles. The Hall–Kier alpha value is -1.61. The largest absolute Gasteiger partial charge is 0.440 e. The maximum atomic E-state index is 5.84. The molecule has 0 bridgehead atoms. The first-order chi connectivity index (χ1) is 9.04. The Morgan fingerprint density at radius 3 is 2.53 bits per heavy atom. The normalized spacial score (nSPS) is 15.3. The molecule has 2 aromatic rings. The third-order valence-electron chi connectivity index (χ3n) is 3.60. The Morgan fingerprint density at radius 1 is 1.16 bits per heavy atom. The Kier molecular flexibility index (Phi) is 2.94. The van der Waals surface area contributed by atoms with Crippen molar-refractivity contribution < 1.29 is 4.42 Å². The van der Waals surface area contributed by atoms with E-state index in [1.54, 1.807) is 0 Å². The van der Waals surface area contributed by atoms with E-state index in [4.69, 9.17) is 4.42 Å². The number of nitrogens with zero attached hydrogens (tertiary/aromatic N) is 1. The molecule has 1 aliphatic heterocycles. The zero-order chi connectivity index (χ0) is 13.5. The third kappa shape index (κ3) is 2.43. The SMILES string of the molecule is CC(C)(C)c1ccc(-c2nc3c(o2)CNCC3)cc1. The predicted octanol–water partition coefficient (Wildman–Crippen LogP) is 3.28. The van der Waals surface area contributed by atoms with E-state index in [0.29, 0.717) is 0 Å². The molecule has 3 rings (SSSR count). The van der Waals surface area contributed by atoms with Crippen LogP contribution in [0.3, 0.4) is 0 Å². The Bertz CT molecular complexity index is 552. The number of fused-ring (bicyclic) bond motifs is 1. The lowest BCUT2D eigenvalue weighted by atomic mass is 9.87. The lowest BCUT2D eigenvalue weighted by Crippen LogP contribution is -2.22. The van der Waals surface area contributed by atoms with Crippen molar-refractivity contribution in [1.29, 1.82) is 0 Å². The van der Waals surface area contributed by atoms with Crippen LogP contribution in [-0.4, -0.2) is 11.5 Å². The molecule has 3 nitrogen and oxygen atoms in total. The van der Waals surface area contributed by atoms with E-state index in [9.17, 15) is 0 Å². The predicted molar refractivity (Wildman–Crippen MR) is 76.0 cm³/mol. The highest BCUT2D eigenvalue weighted by Gasteiger charge is 2.18. The van der Waals surface area contributed by atoms with Gasteiger partial charge in [-0.1, -0.05) is 32.9 Å². The molecule has 0 radical (unpaired) electrons. The molecular formula is C16H20N2O. The van der Waals surface area contributed by atoms with Crippen LogP contribution in [0.4, 0.5) is 0 Å². The van der Waals surface area contributed by atoms with Gasteiger partial charge in [-0.3, -0.25) is 0 Å². The summed E-state index contributed by atoms with van der Waals surface area (Å²) < 4.78 is 5.84. The van der Waals surface area contributed by atoms with Crippen LogP contribution in [0, 0.1) is 0 Å². The summed E-state index contributed by atoms with van der Waals surface area (Å²) >= 11 is 0. The number of benzene rings is 1. The minimum Gasteiger partial charge on any atom is -0.440 e. The van der Waals surface area contributed by atoms with Crippen molar-refractivity contribution >= 4 is 0 Å². The highest BCUT2D eigenvalue weighted by atomic mass is 16.4. The van der Waals surface area contributed by atoms with Crippen molar-refractivity contribution in [2.75, 3.05) is 6.54 Å². The lowest BCUT2D eigenvalue weighted by Gasteiger charge is -2.18. The highest BCUT2D eigenvalue weighted by molar-refractivity contribution is 5.55. The fourth-order valence-corrected chi connectivity index (χ4v) is 2.36. The molecule has 100 valence electrons. The molecule has 0 unspecified atom stereocenters. The summed E-state index contributed by atoms with van der Waals surface area (Å²) in [7, 11) is 0. The molecule has 1 N–H and O–H groups in total. The Labute approximate surface area is 114 Å². The first-order valence-electron chi connectivity index (χ1n) is 6.84. The van der Waals surface area contributed by atoms with E-state index < -0.39 is 0 Å². The topological polar surface area (TPSA) is 38.1 Å². The second-order valence-corrected chi connectivity index (χ2v) is 6.14. The van der Waals surface area contributed by atoms with Crippen LogP contribution in [0.1, 0.15) is 37.8 Å². The van der Waals surface area contributed by atoms with Gasteiger partial charge in [-0.05, 0) is 23.1 Å². The molecule has 0 saturated carbocycles. The fourth-order valence-electron chi connectivity index (χ4n) is 2.36. The molecule has 0 aliphatic carbocycles. The van der Waals surface area contributed by atoms with Crippen LogP contribution in [-0.2, 0) is 18.4 Å². The van der Waals surface area contributed by atoms with Crippen molar-refractivity contribution in [2.45, 2.75) is 39.2 Å². The average molecular weight is 256 g/mol. The van der Waals surface area contributed by atoms with E-state index in [0.717, 1.165) is 42.4 Å². The molecule has 0 spiro atoms. The van der Waals surface area contributed by atoms with Gasteiger partial charge in [0.2, 0.25) is 5.89 Å². The zero-order valence-corrected chi connectivity index (χ0v) is 11.8. The smallest absolute Gasteiger partial charge is 0.226 e. The van der Waals surface area contributed by atoms with Crippen molar-refractivity contribution in [2.24, 2.45) is 0 Å². The maximum Gasteiger partial charge on any atom is 0.226 e. The molecule has 0 amide bonds. The summed E-state index contributed by atoms with van der Waals surface area (Å²) in [5.41, 5.74) is 3.67. The maximum absolute atomic E-state index is 5.84. The van der Waals surface area contributed by atoms with Crippen LogP contribution in [0.5, 0.6) is 0 Å². The van der Waals surface area contributed by atoms with Crippen LogP contribution < -0.4 is 5.32 Å². The van der Waals surface area contributed by atoms with E-state index >= 15 is 0 Å². The first-order valence-corrected chi connectivity index (χ1v) is 6.84. The van der Waals surface area contributed by atoms with Crippen LogP contribution in [0.2, 0.25) is 0 Å². The zero-order valence-electron chi connectivity index (χ0n) is 11.8. The molecule has 0 atom stereocenters. The molecule has 0 fully saturated rings. The van der Waals surface area contributed by atoms with Gasteiger partial charge in [-0.25, -0.2) is 4.98 Å². The van der Waals surface area contributed by atoms with E-state index in [1.807, 2.05) is 0 Å². The van der Waals surface area contributed by atoms with Gasteiger partial charge in [0.05, 0.1) is 12.2 Å². The number of hydrogen-bond donors (Lipinski definition) is 1. The summed E-state index contributed by atoms with van der Waals surface area (Å²) in [4.78, 5) is 4.61. The van der Waals surface area contributed by atoms with Gasteiger partial charge in [0.15, 0.2) is 0 Å². The molecule has 19 heavy (non-hydrogen) atoms. The number of aromatic nitrogens is 1. The van der Waals surface area contributed by atoms with E-state index in [1.165, 1.54) is 5.56 Å². The average Bonchev–Trinajstić information content (AvgIpc) is 2.81. The van der Waals surface area contributed by atoms with Gasteiger partial charge in [-0.2, -0.15) is 0 Å². The van der Waals surface area contributed by atoms with Crippen molar-refractivity contribution in [3.05, 3.63) is 41.3 Å². The summed E-state index contributed by atoms with van der Waals surface area (Å²) in [6.45, 7) is 8.44. The van der Waals surface area contributed by atoms with Crippen molar-refractivity contribution in [1.82, 2.24) is 10.3 Å². The Balaban J connectivity index is 1.92. The van der Waals surface area contributed by atoms with Crippen LogP contribution in [0.15, 0.2) is 28.7 Å². The van der Waals surface area contributed by atoms with Crippen molar-refractivity contribution in [3.8, 4) is 11.5 Å². The van der Waals surface area contributed by atoms with Crippen molar-refractivity contribution in [3.63, 3.8) is 0 Å². The number of nitrogens with one attached hydrogen (secondary N) is 1. The third-order valence-corrected chi connectivity index (χ3v) is 3.60. The highest BCUT2D eigenvalue weighted by Crippen LogP contribution is 2.27. The lowest BCUT2D eigenvalue weighted by molar-refractivity contribution is 0.471. The van der Waals surface area contributed by atoms with Gasteiger partial charge in [0, 0.05) is 18.5 Å². The number of hydrogen-bond acceptors (Lipinski definition) is 3. The van der Waals surface area contributed by atoms with Crippen LogP contribution in [0.25, 0.3) is 11.5 Å². The minimum absolute atomic E-state index is 0.179. The monoisotopic (exact) mass is 256 g/mol. The molecule has 1 aliphatic rings. The number of oxazole rings is 1. The summed E-state index contributed by atoms with van der Waals surface area (Å²) in [6.07, 6.45) is 0.957. The van der Waals surface area contributed by atoms with E-state index in [2.05, 4.69) is 55.3 Å². The second-order valence-electron chi connectivity index (χ2n) is 6.14. The van der Waals surface area contributed by atoms with E-state index in [-0.39, 0.29) is 5.41 Å². The van der Waals surface area contributed by atoms with Gasteiger partial charge in [0.1, 0.15) is 5.76 Å². The summed E-state index contributed by atoms with van der Waals surface area (Å²) in [6, 6.07) is 8.53. The molecule has 1 aromatic heterocycles. The standard InChI is InChI=1S/C16H20N2O/c1-16(2,3)12-6-4-11(5-7-12)15-18-13-8-9-17-10-14(13)19-15/h4-7,17H,8-10H2,1-3H3. The fraction of sp³-hybridized carbons (Fsp3) is 0.438. The quantitative estimate of drug-likeness (QED) is 0.851. The number of rotatable bonds is 1. The summed E-state index contributed by atoms with van der Waals surface area (Å²) in [5, 5.41) is 3.30. The van der Waals surface area contributed by atoms with Gasteiger partial charge in [-0.15, -0.1) is 0 Å². The van der Waals surface area contributed by atoms with Gasteiger partial charge < -0.3 is 9.73 Å². The van der Waals surface area contributed by atoms with Gasteiger partial charge >= 0.3 is 0 Å². The van der Waals surface area contributed by atoms with Crippen LogP contribution >= 0.6 is 0 Å². The first kappa shape index (κ1) is 12.4. The Morgan fingerprint density at radius 2 is 1.89 bits per heavy atom. The second kappa shape index (κ2) is 4.49. The summed E-state index contributed by atoms with van der Waals surface area (Å²) in [5.74, 6) is 1.73.